The van der Waals surface area contributed by atoms with Gasteiger partial charge in [-0.25, -0.2) is 4.79 Å². The van der Waals surface area contributed by atoms with Gasteiger partial charge in [-0.1, -0.05) is 5.16 Å². The van der Waals surface area contributed by atoms with Gasteiger partial charge in [0, 0.05) is 19.0 Å². The first kappa shape index (κ1) is 12.4. The van der Waals surface area contributed by atoms with Crippen LogP contribution in [0.15, 0.2) is 5.16 Å². The predicted octanol–water partition coefficient (Wildman–Crippen LogP) is 0.121. The van der Waals surface area contributed by atoms with Crippen LogP contribution in [0, 0.1) is 11.3 Å². The van der Waals surface area contributed by atoms with E-state index in [-0.39, 0.29) is 30.5 Å². The molecule has 0 saturated heterocycles. The van der Waals surface area contributed by atoms with Gasteiger partial charge in [-0.3, -0.25) is 4.79 Å². The minimum Gasteiger partial charge on any atom is -0.477 e. The third-order valence-electron chi connectivity index (χ3n) is 2.93. The van der Waals surface area contributed by atoms with Gasteiger partial charge in [-0.05, 0) is 12.8 Å². The van der Waals surface area contributed by atoms with Crippen molar-refractivity contribution in [2.45, 2.75) is 37.8 Å². The Morgan fingerprint density at radius 3 is 2.78 bits per heavy atom. The smallest absolute Gasteiger partial charge is 0.353 e. The van der Waals surface area contributed by atoms with Crippen molar-refractivity contribution in [2.75, 3.05) is 6.54 Å². The zero-order chi connectivity index (χ0) is 13.1. The molecule has 1 aliphatic carbocycles. The molecule has 1 amide bonds. The maximum atomic E-state index is 12.1. The number of carboxylic acids is 1. The molecule has 7 heteroatoms. The average Bonchev–Trinajstić information content (AvgIpc) is 3.05. The van der Waals surface area contributed by atoms with E-state index in [1.807, 2.05) is 6.07 Å². The fourth-order valence-corrected chi connectivity index (χ4v) is 1.85. The number of hydrogen-bond acceptors (Lipinski definition) is 5. The minimum absolute atomic E-state index is 0.00998. The summed E-state index contributed by atoms with van der Waals surface area (Å²) in [6.07, 6.45) is 1.26. The molecule has 96 valence electrons. The number of nitriles is 1. The van der Waals surface area contributed by atoms with E-state index in [1.165, 1.54) is 0 Å². The first-order valence-corrected chi connectivity index (χ1v) is 5.77. The highest BCUT2D eigenvalue weighted by atomic mass is 16.6. The molecule has 0 spiro atoms. The van der Waals surface area contributed by atoms with Gasteiger partial charge in [0.2, 0.25) is 6.10 Å². The number of carboxylic acid groups (broad SMARTS) is 1. The van der Waals surface area contributed by atoms with Gasteiger partial charge in [-0.2, -0.15) is 5.26 Å². The maximum Gasteiger partial charge on any atom is 0.353 e. The van der Waals surface area contributed by atoms with Crippen molar-refractivity contribution in [2.24, 2.45) is 5.16 Å². The van der Waals surface area contributed by atoms with Crippen LogP contribution in [0.3, 0.4) is 0 Å². The SMILES string of the molecule is N#CCCN(C(=O)C1CC(C(=O)O)=NO1)C1CC1. The molecule has 18 heavy (non-hydrogen) atoms. The second-order valence-corrected chi connectivity index (χ2v) is 4.31. The van der Waals surface area contributed by atoms with Crippen LogP contribution in [0.5, 0.6) is 0 Å². The lowest BCUT2D eigenvalue weighted by molar-refractivity contribution is -0.142. The molecule has 0 aromatic carbocycles. The van der Waals surface area contributed by atoms with Crippen molar-refractivity contribution < 1.29 is 19.5 Å². The molecule has 0 aromatic heterocycles. The molecule has 0 bridgehead atoms. The van der Waals surface area contributed by atoms with Gasteiger partial charge in [0.25, 0.3) is 5.91 Å². The lowest BCUT2D eigenvalue weighted by Gasteiger charge is -2.23. The van der Waals surface area contributed by atoms with Gasteiger partial charge in [0.15, 0.2) is 5.71 Å². The van der Waals surface area contributed by atoms with Crippen LogP contribution in [0.25, 0.3) is 0 Å². The molecular formula is C11H13N3O4. The number of carbonyl (C=O) groups excluding carboxylic acids is 1. The highest BCUT2D eigenvalue weighted by Crippen LogP contribution is 2.29. The van der Waals surface area contributed by atoms with E-state index in [2.05, 4.69) is 5.16 Å². The zero-order valence-corrected chi connectivity index (χ0v) is 9.70. The minimum atomic E-state index is -1.17. The predicted molar refractivity (Wildman–Crippen MR) is 59.5 cm³/mol. The number of amides is 1. The normalized spacial score (nSPS) is 21.7. The van der Waals surface area contributed by atoms with E-state index in [0.717, 1.165) is 12.8 Å². The highest BCUT2D eigenvalue weighted by molar-refractivity contribution is 6.36. The Balaban J connectivity index is 1.94. The molecule has 7 nitrogen and oxygen atoms in total. The Hall–Kier alpha value is -2.10. The molecule has 1 atom stereocenters. The summed E-state index contributed by atoms with van der Waals surface area (Å²) in [5.74, 6) is -1.44. The van der Waals surface area contributed by atoms with Crippen LogP contribution in [0.2, 0.25) is 0 Å². The summed E-state index contributed by atoms with van der Waals surface area (Å²) < 4.78 is 0. The van der Waals surface area contributed by atoms with Crippen molar-refractivity contribution in [1.29, 1.82) is 5.26 Å². The fraction of sp³-hybridized carbons (Fsp3) is 0.636. The molecular weight excluding hydrogens is 238 g/mol. The summed E-state index contributed by atoms with van der Waals surface area (Å²) in [6.45, 7) is 0.363. The average molecular weight is 251 g/mol. The van der Waals surface area contributed by atoms with Gasteiger partial charge in [0.1, 0.15) is 0 Å². The lowest BCUT2D eigenvalue weighted by Crippen LogP contribution is -2.41. The fourth-order valence-electron chi connectivity index (χ4n) is 1.85. The summed E-state index contributed by atoms with van der Waals surface area (Å²) in [4.78, 5) is 29.3. The molecule has 1 fully saturated rings. The van der Waals surface area contributed by atoms with Gasteiger partial charge < -0.3 is 14.8 Å². The second kappa shape index (κ2) is 5.04. The molecule has 0 aromatic rings. The molecule has 1 aliphatic heterocycles. The Labute approximate surface area is 104 Å². The Bertz CT molecular complexity index is 436. The standard InChI is InChI=1S/C11H13N3O4/c12-4-1-5-14(7-2-3-7)10(15)9-6-8(11(16)17)13-18-9/h7,9H,1-3,5-6H2,(H,16,17). The van der Waals surface area contributed by atoms with Gasteiger partial charge in [0.05, 0.1) is 12.5 Å². The van der Waals surface area contributed by atoms with E-state index in [0.29, 0.717) is 6.54 Å². The molecule has 2 aliphatic rings. The number of rotatable bonds is 5. The van der Waals surface area contributed by atoms with Crippen molar-refractivity contribution in [3.63, 3.8) is 0 Å². The maximum absolute atomic E-state index is 12.1. The lowest BCUT2D eigenvalue weighted by atomic mass is 10.1. The first-order valence-electron chi connectivity index (χ1n) is 5.77. The van der Waals surface area contributed by atoms with Crippen LogP contribution in [0.1, 0.15) is 25.7 Å². The summed E-state index contributed by atoms with van der Waals surface area (Å²) in [5.41, 5.74) is -0.135. The largest absolute Gasteiger partial charge is 0.477 e. The zero-order valence-electron chi connectivity index (χ0n) is 9.70. The molecule has 0 radical (unpaired) electrons. The molecule has 1 saturated carbocycles. The second-order valence-electron chi connectivity index (χ2n) is 4.31. The van der Waals surface area contributed by atoms with Crippen molar-refractivity contribution >= 4 is 17.6 Å². The monoisotopic (exact) mass is 251 g/mol. The first-order chi connectivity index (χ1) is 8.63. The number of aliphatic carboxylic acids is 1. The molecule has 1 unspecified atom stereocenters. The van der Waals surface area contributed by atoms with E-state index < -0.39 is 12.1 Å². The third-order valence-corrected chi connectivity index (χ3v) is 2.93. The number of carbonyl (C=O) groups is 2. The number of oxime groups is 1. The molecule has 1 heterocycles. The van der Waals surface area contributed by atoms with Crippen LogP contribution >= 0.6 is 0 Å². The Kier molecular flexibility index (Phi) is 3.46. The molecule has 1 N–H and O–H groups in total. The van der Waals surface area contributed by atoms with E-state index in [4.69, 9.17) is 15.2 Å². The van der Waals surface area contributed by atoms with Crippen LogP contribution < -0.4 is 0 Å². The van der Waals surface area contributed by atoms with Crippen molar-refractivity contribution in [3.05, 3.63) is 0 Å². The summed E-state index contributed by atoms with van der Waals surface area (Å²) in [7, 11) is 0. The number of hydrogen-bond donors (Lipinski definition) is 1. The Morgan fingerprint density at radius 2 is 2.28 bits per heavy atom. The van der Waals surface area contributed by atoms with E-state index in [9.17, 15) is 9.59 Å². The van der Waals surface area contributed by atoms with E-state index >= 15 is 0 Å². The highest BCUT2D eigenvalue weighted by Gasteiger charge is 2.39. The van der Waals surface area contributed by atoms with Crippen LogP contribution in [-0.4, -0.2) is 46.3 Å². The summed E-state index contributed by atoms with van der Waals surface area (Å²) >= 11 is 0. The summed E-state index contributed by atoms with van der Waals surface area (Å²) in [5, 5.41) is 20.7. The van der Waals surface area contributed by atoms with Crippen molar-refractivity contribution in [3.8, 4) is 6.07 Å². The van der Waals surface area contributed by atoms with Crippen LogP contribution in [-0.2, 0) is 14.4 Å². The Morgan fingerprint density at radius 1 is 1.56 bits per heavy atom. The number of nitrogens with zero attached hydrogens (tertiary/aromatic N) is 3. The van der Waals surface area contributed by atoms with Crippen LogP contribution in [0.4, 0.5) is 0 Å². The van der Waals surface area contributed by atoms with Gasteiger partial charge in [-0.15, -0.1) is 0 Å². The molecule has 2 rings (SSSR count). The van der Waals surface area contributed by atoms with Crippen molar-refractivity contribution in [1.82, 2.24) is 4.90 Å². The van der Waals surface area contributed by atoms with E-state index in [1.54, 1.807) is 4.90 Å². The van der Waals surface area contributed by atoms with Gasteiger partial charge >= 0.3 is 5.97 Å². The third kappa shape index (κ3) is 2.59. The topological polar surface area (TPSA) is 103 Å². The quantitative estimate of drug-likeness (QED) is 0.747. The summed E-state index contributed by atoms with van der Waals surface area (Å²) in [6, 6.07) is 2.17.